The second kappa shape index (κ2) is 22.6. The molecule has 5 heteroatoms. The highest BCUT2D eigenvalue weighted by Crippen LogP contribution is 1.58. The molecule has 0 radical (unpaired) electrons. The van der Waals surface area contributed by atoms with Crippen LogP contribution >= 0.6 is 0 Å². The van der Waals surface area contributed by atoms with Gasteiger partial charge in [-0.15, -0.1) is 0 Å². The average molecular weight is 166 g/mol. The third kappa shape index (κ3) is 41.3. The van der Waals surface area contributed by atoms with E-state index in [0.29, 0.717) is 0 Å². The van der Waals surface area contributed by atoms with Gasteiger partial charge in [0.25, 0.3) is 0 Å². The molecule has 0 rings (SSSR count). The van der Waals surface area contributed by atoms with E-state index >= 15 is 0 Å². The Morgan fingerprint density at radius 2 is 0.727 bits per heavy atom. The first-order chi connectivity index (χ1) is 4.83. The van der Waals surface area contributed by atoms with E-state index in [-0.39, 0.29) is 5.48 Å². The topological polar surface area (TPSA) is 136 Å². The number of hydrogen-bond donors (Lipinski definition) is 4. The summed E-state index contributed by atoms with van der Waals surface area (Å²) in [7, 11) is 0. The van der Waals surface area contributed by atoms with Crippen molar-refractivity contribution in [2.45, 2.75) is 12.8 Å². The summed E-state index contributed by atoms with van der Waals surface area (Å²) in [6, 6.07) is 0. The van der Waals surface area contributed by atoms with E-state index in [1.807, 2.05) is 0 Å². The summed E-state index contributed by atoms with van der Waals surface area (Å²) in [5, 5.41) is 0. The monoisotopic (exact) mass is 166 g/mol. The van der Waals surface area contributed by atoms with E-state index < -0.39 is 0 Å². The van der Waals surface area contributed by atoms with Crippen molar-refractivity contribution in [1.29, 1.82) is 0 Å². The Hall–Kier alpha value is -0.200. The Kier molecular flexibility index (Phi) is 35.0. The van der Waals surface area contributed by atoms with Crippen LogP contribution in [-0.2, 0) is 0 Å². The van der Waals surface area contributed by atoms with Gasteiger partial charge in [-0.05, 0) is 39.0 Å². The molecular formula is C6H22N4O. The van der Waals surface area contributed by atoms with Crippen molar-refractivity contribution < 1.29 is 5.48 Å². The van der Waals surface area contributed by atoms with E-state index in [2.05, 4.69) is 0 Å². The van der Waals surface area contributed by atoms with Gasteiger partial charge in [-0.2, -0.15) is 0 Å². The molecule has 11 heavy (non-hydrogen) atoms. The standard InChI is InChI=1S/2C3H10N2.H2O/c2*4-2-1-3-5;/h2*1-5H2;1H2. The summed E-state index contributed by atoms with van der Waals surface area (Å²) in [4.78, 5) is 0. The molecule has 0 aromatic rings. The van der Waals surface area contributed by atoms with Gasteiger partial charge in [0.05, 0.1) is 0 Å². The quantitative estimate of drug-likeness (QED) is 0.375. The van der Waals surface area contributed by atoms with Crippen LogP contribution in [0.2, 0.25) is 0 Å². The fraction of sp³-hybridized carbons (Fsp3) is 1.00. The molecule has 0 aromatic heterocycles. The normalized spacial score (nSPS) is 7.64. The van der Waals surface area contributed by atoms with E-state index in [9.17, 15) is 0 Å². The smallest absolute Gasteiger partial charge is 0.00653 e. The van der Waals surface area contributed by atoms with Crippen molar-refractivity contribution in [3.05, 3.63) is 0 Å². The third-order valence-electron chi connectivity index (χ3n) is 0.816. The minimum absolute atomic E-state index is 0. The zero-order valence-electron chi connectivity index (χ0n) is 7.05. The summed E-state index contributed by atoms with van der Waals surface area (Å²) in [6.45, 7) is 2.88. The van der Waals surface area contributed by atoms with E-state index in [1.165, 1.54) is 0 Å². The summed E-state index contributed by atoms with van der Waals surface area (Å²) in [5.41, 5.74) is 20.2. The van der Waals surface area contributed by atoms with Gasteiger partial charge in [0.1, 0.15) is 0 Å². The molecule has 0 aliphatic rings. The van der Waals surface area contributed by atoms with Gasteiger partial charge >= 0.3 is 0 Å². The van der Waals surface area contributed by atoms with Gasteiger partial charge in [0, 0.05) is 0 Å². The highest BCUT2D eigenvalue weighted by molar-refractivity contribution is 4.34. The SMILES string of the molecule is NCCCN.NCCCN.O. The van der Waals surface area contributed by atoms with E-state index in [1.54, 1.807) is 0 Å². The van der Waals surface area contributed by atoms with Crippen LogP contribution in [-0.4, -0.2) is 31.7 Å². The molecule has 0 aliphatic carbocycles. The fourth-order valence-electron chi connectivity index (χ4n) is 0.236. The molecule has 0 aliphatic heterocycles. The molecule has 0 spiro atoms. The third-order valence-corrected chi connectivity index (χ3v) is 0.816. The van der Waals surface area contributed by atoms with Crippen molar-refractivity contribution in [2.75, 3.05) is 26.2 Å². The molecule has 0 atom stereocenters. The summed E-state index contributed by atoms with van der Waals surface area (Å²) in [5.74, 6) is 0. The van der Waals surface area contributed by atoms with Crippen LogP contribution in [0.3, 0.4) is 0 Å². The van der Waals surface area contributed by atoms with Crippen LogP contribution < -0.4 is 22.9 Å². The zero-order chi connectivity index (χ0) is 8.24. The van der Waals surface area contributed by atoms with Gasteiger partial charge in [-0.1, -0.05) is 0 Å². The Bertz CT molecular complexity index is 35.6. The molecule has 0 fully saturated rings. The van der Waals surface area contributed by atoms with Crippen LogP contribution in [0.5, 0.6) is 0 Å². The lowest BCUT2D eigenvalue weighted by atomic mass is 10.4. The lowest BCUT2D eigenvalue weighted by molar-refractivity contribution is 0.824. The maximum atomic E-state index is 5.06. The summed E-state index contributed by atoms with van der Waals surface area (Å²) >= 11 is 0. The second-order valence-electron chi connectivity index (χ2n) is 1.86. The minimum atomic E-state index is 0. The molecule has 0 heterocycles. The molecule has 0 aromatic carbocycles. The highest BCUT2D eigenvalue weighted by atomic mass is 16.0. The Balaban J connectivity index is -0.000000107. The van der Waals surface area contributed by atoms with Crippen LogP contribution in [0.1, 0.15) is 12.8 Å². The first-order valence-electron chi connectivity index (χ1n) is 3.63. The molecule has 0 unspecified atom stereocenters. The van der Waals surface area contributed by atoms with Crippen molar-refractivity contribution >= 4 is 0 Å². The molecule has 0 amide bonds. The molecule has 0 saturated heterocycles. The minimum Gasteiger partial charge on any atom is -0.412 e. The van der Waals surface area contributed by atoms with Gasteiger partial charge < -0.3 is 28.4 Å². The number of nitrogens with two attached hydrogens (primary N) is 4. The Morgan fingerprint density at radius 3 is 0.727 bits per heavy atom. The number of hydrogen-bond acceptors (Lipinski definition) is 4. The summed E-state index contributed by atoms with van der Waals surface area (Å²) in [6.07, 6.45) is 1.89. The summed E-state index contributed by atoms with van der Waals surface area (Å²) < 4.78 is 0. The highest BCUT2D eigenvalue weighted by Gasteiger charge is 1.68. The molecular weight excluding hydrogens is 144 g/mol. The first-order valence-corrected chi connectivity index (χ1v) is 3.63. The van der Waals surface area contributed by atoms with Crippen molar-refractivity contribution in [1.82, 2.24) is 0 Å². The predicted octanol–water partition coefficient (Wildman–Crippen LogP) is -2.24. The molecule has 0 bridgehead atoms. The lowest BCUT2D eigenvalue weighted by Gasteiger charge is -1.81. The lowest BCUT2D eigenvalue weighted by Crippen LogP contribution is -2.06. The van der Waals surface area contributed by atoms with Crippen LogP contribution in [0.25, 0.3) is 0 Å². The van der Waals surface area contributed by atoms with Gasteiger partial charge in [-0.25, -0.2) is 0 Å². The Morgan fingerprint density at radius 1 is 0.545 bits per heavy atom. The van der Waals surface area contributed by atoms with Crippen molar-refractivity contribution in [2.24, 2.45) is 22.9 Å². The first kappa shape index (κ1) is 17.0. The van der Waals surface area contributed by atoms with Crippen molar-refractivity contribution in [3.63, 3.8) is 0 Å². The van der Waals surface area contributed by atoms with Gasteiger partial charge in [-0.3, -0.25) is 0 Å². The van der Waals surface area contributed by atoms with Crippen LogP contribution in [0.15, 0.2) is 0 Å². The molecule has 10 N–H and O–H groups in total. The number of rotatable bonds is 4. The van der Waals surface area contributed by atoms with Crippen LogP contribution in [0, 0.1) is 0 Å². The van der Waals surface area contributed by atoms with E-state index in [0.717, 1.165) is 39.0 Å². The maximum Gasteiger partial charge on any atom is -0.00653 e. The van der Waals surface area contributed by atoms with E-state index in [4.69, 9.17) is 22.9 Å². The molecule has 0 saturated carbocycles. The molecule has 72 valence electrons. The molecule has 5 nitrogen and oxygen atoms in total. The average Bonchev–Trinajstić information content (AvgIpc) is 1.93. The predicted molar refractivity (Wildman–Crippen MR) is 49.1 cm³/mol. The Labute approximate surface area is 68.4 Å². The second-order valence-corrected chi connectivity index (χ2v) is 1.86. The van der Waals surface area contributed by atoms with Crippen LogP contribution in [0.4, 0.5) is 0 Å². The zero-order valence-corrected chi connectivity index (χ0v) is 7.05. The maximum absolute atomic E-state index is 5.06. The van der Waals surface area contributed by atoms with Gasteiger partial charge in [0.15, 0.2) is 0 Å². The fourth-order valence-corrected chi connectivity index (χ4v) is 0.236. The van der Waals surface area contributed by atoms with Crippen molar-refractivity contribution in [3.8, 4) is 0 Å². The van der Waals surface area contributed by atoms with Gasteiger partial charge in [0.2, 0.25) is 0 Å². The largest absolute Gasteiger partial charge is 0.412 e.